The Morgan fingerprint density at radius 1 is 1.14 bits per heavy atom. The molecule has 0 aromatic heterocycles. The predicted molar refractivity (Wildman–Crippen MR) is 90.3 cm³/mol. The molecule has 0 aliphatic carbocycles. The Balaban J connectivity index is 2.32. The Morgan fingerprint density at radius 2 is 1.76 bits per heavy atom. The fraction of sp³-hybridized carbons (Fsp3) is 0.133. The van der Waals surface area contributed by atoms with Gasteiger partial charge in [0.1, 0.15) is 11.5 Å². The largest absolute Gasteiger partial charge is 0.456 e. The first kappa shape index (κ1) is 15.9. The normalized spacial score (nSPS) is 11.5. The number of hydrogen-bond donors (Lipinski definition) is 2. The summed E-state index contributed by atoms with van der Waals surface area (Å²) in [5.74, 6) is 1.47. The highest BCUT2D eigenvalue weighted by Gasteiger charge is 2.09. The molecule has 0 atom stereocenters. The summed E-state index contributed by atoms with van der Waals surface area (Å²) in [6, 6.07) is 9.16. The molecule has 2 rings (SSSR count). The van der Waals surface area contributed by atoms with E-state index in [1.54, 1.807) is 18.2 Å². The highest BCUT2D eigenvalue weighted by molar-refractivity contribution is 9.10. The van der Waals surface area contributed by atoms with E-state index in [9.17, 15) is 0 Å². The molecule has 0 heterocycles. The van der Waals surface area contributed by atoms with Crippen LogP contribution in [0.25, 0.3) is 0 Å². The molecule has 0 amide bonds. The monoisotopic (exact) mass is 412 g/mol. The highest BCUT2D eigenvalue weighted by atomic mass is 79.9. The molecule has 0 bridgehead atoms. The van der Waals surface area contributed by atoms with Gasteiger partial charge >= 0.3 is 0 Å². The number of oxime groups is 1. The summed E-state index contributed by atoms with van der Waals surface area (Å²) in [6.07, 6.45) is 0. The highest BCUT2D eigenvalue weighted by Crippen LogP contribution is 2.33. The van der Waals surface area contributed by atoms with Gasteiger partial charge in [0.2, 0.25) is 0 Å². The quantitative estimate of drug-likeness (QED) is 0.331. The number of hydrogen-bond acceptors (Lipinski definition) is 3. The lowest BCUT2D eigenvalue weighted by atomic mass is 10.1. The van der Waals surface area contributed by atoms with E-state index in [2.05, 4.69) is 37.0 Å². The van der Waals surface area contributed by atoms with E-state index >= 15 is 0 Å². The summed E-state index contributed by atoms with van der Waals surface area (Å²) >= 11 is 6.96. The molecule has 0 fully saturated rings. The van der Waals surface area contributed by atoms with Crippen LogP contribution in [-0.4, -0.2) is 11.0 Å². The standard InChI is InChI=1S/C15H14Br2N2O2/c1-8-5-11(6-9(2)14(8)17)21-13-4-3-10(7-12(13)16)15(18)19-20/h3-7,20H,1-2H3,(H2,18,19). The SMILES string of the molecule is Cc1cc(Oc2ccc(/C(N)=N/O)cc2Br)cc(C)c1Br. The third-order valence-electron chi connectivity index (χ3n) is 2.97. The molecule has 2 aromatic carbocycles. The van der Waals surface area contributed by atoms with Gasteiger partial charge in [-0.25, -0.2) is 0 Å². The molecule has 4 nitrogen and oxygen atoms in total. The van der Waals surface area contributed by atoms with Crippen LogP contribution in [0.1, 0.15) is 16.7 Å². The fourth-order valence-electron chi connectivity index (χ4n) is 1.89. The van der Waals surface area contributed by atoms with Crippen LogP contribution in [0.3, 0.4) is 0 Å². The third-order valence-corrected chi connectivity index (χ3v) is 4.84. The molecule has 2 aromatic rings. The van der Waals surface area contributed by atoms with Crippen LogP contribution in [0.4, 0.5) is 0 Å². The van der Waals surface area contributed by atoms with E-state index in [1.807, 2.05) is 26.0 Å². The maximum atomic E-state index is 8.68. The van der Waals surface area contributed by atoms with Crippen LogP contribution in [0.15, 0.2) is 44.4 Å². The fourth-order valence-corrected chi connectivity index (χ4v) is 2.58. The van der Waals surface area contributed by atoms with Crippen molar-refractivity contribution in [2.24, 2.45) is 10.9 Å². The van der Waals surface area contributed by atoms with E-state index in [4.69, 9.17) is 15.7 Å². The Bertz CT molecular complexity index is 692. The molecular weight excluding hydrogens is 400 g/mol. The first-order valence-electron chi connectivity index (χ1n) is 6.14. The molecule has 0 radical (unpaired) electrons. The van der Waals surface area contributed by atoms with E-state index in [1.165, 1.54) is 0 Å². The van der Waals surface area contributed by atoms with E-state index < -0.39 is 0 Å². The van der Waals surface area contributed by atoms with Gasteiger partial charge in [-0.05, 0) is 71.2 Å². The maximum absolute atomic E-state index is 8.68. The molecule has 0 spiro atoms. The number of aryl methyl sites for hydroxylation is 2. The summed E-state index contributed by atoms with van der Waals surface area (Å²) < 4.78 is 7.69. The third kappa shape index (κ3) is 3.57. The van der Waals surface area contributed by atoms with E-state index in [0.717, 1.165) is 25.8 Å². The van der Waals surface area contributed by atoms with Gasteiger partial charge < -0.3 is 15.7 Å². The van der Waals surface area contributed by atoms with Crippen LogP contribution in [0.2, 0.25) is 0 Å². The Morgan fingerprint density at radius 3 is 2.29 bits per heavy atom. The van der Waals surface area contributed by atoms with Gasteiger partial charge in [0, 0.05) is 10.0 Å². The molecule has 110 valence electrons. The second kappa shape index (κ2) is 6.49. The molecule has 3 N–H and O–H groups in total. The summed E-state index contributed by atoms with van der Waals surface area (Å²) in [6.45, 7) is 4.03. The van der Waals surface area contributed by atoms with Gasteiger partial charge in [0.25, 0.3) is 0 Å². The topological polar surface area (TPSA) is 67.8 Å². The summed E-state index contributed by atoms with van der Waals surface area (Å²) in [4.78, 5) is 0. The second-order valence-corrected chi connectivity index (χ2v) is 6.25. The van der Waals surface area contributed by atoms with Gasteiger partial charge in [-0.15, -0.1) is 0 Å². The first-order chi connectivity index (χ1) is 9.92. The lowest BCUT2D eigenvalue weighted by Crippen LogP contribution is -2.12. The van der Waals surface area contributed by atoms with Crippen molar-refractivity contribution in [2.45, 2.75) is 13.8 Å². The van der Waals surface area contributed by atoms with Crippen molar-refractivity contribution < 1.29 is 9.94 Å². The van der Waals surface area contributed by atoms with Crippen molar-refractivity contribution in [2.75, 3.05) is 0 Å². The van der Waals surface area contributed by atoms with Crippen molar-refractivity contribution in [1.29, 1.82) is 0 Å². The Kier molecular flexibility index (Phi) is 4.90. The van der Waals surface area contributed by atoms with Crippen molar-refractivity contribution in [3.63, 3.8) is 0 Å². The number of nitrogens with two attached hydrogens (primary N) is 1. The minimum absolute atomic E-state index is 0.0533. The van der Waals surface area contributed by atoms with Gasteiger partial charge in [0.05, 0.1) is 4.47 Å². The number of nitrogens with zero attached hydrogens (tertiary/aromatic N) is 1. The maximum Gasteiger partial charge on any atom is 0.170 e. The molecule has 0 saturated heterocycles. The second-order valence-electron chi connectivity index (χ2n) is 4.60. The predicted octanol–water partition coefficient (Wildman–Crippen LogP) is 4.72. The van der Waals surface area contributed by atoms with Crippen LogP contribution in [0, 0.1) is 13.8 Å². The van der Waals surface area contributed by atoms with E-state index in [-0.39, 0.29) is 5.84 Å². The molecule has 0 saturated carbocycles. The number of ether oxygens (including phenoxy) is 1. The minimum atomic E-state index is 0.0533. The van der Waals surface area contributed by atoms with Gasteiger partial charge in [0.15, 0.2) is 5.84 Å². The number of halogens is 2. The number of benzene rings is 2. The van der Waals surface area contributed by atoms with Crippen LogP contribution < -0.4 is 10.5 Å². The van der Waals surface area contributed by atoms with Crippen molar-refractivity contribution in [3.05, 3.63) is 56.0 Å². The zero-order valence-electron chi connectivity index (χ0n) is 11.5. The smallest absolute Gasteiger partial charge is 0.170 e. The zero-order chi connectivity index (χ0) is 15.6. The molecule has 0 unspecified atom stereocenters. The minimum Gasteiger partial charge on any atom is -0.456 e. The van der Waals surface area contributed by atoms with Crippen LogP contribution in [-0.2, 0) is 0 Å². The summed E-state index contributed by atoms with van der Waals surface area (Å²) in [7, 11) is 0. The molecule has 21 heavy (non-hydrogen) atoms. The summed E-state index contributed by atoms with van der Waals surface area (Å²) in [5.41, 5.74) is 8.38. The molecule has 0 aliphatic rings. The van der Waals surface area contributed by atoms with Gasteiger partial charge in [-0.2, -0.15) is 0 Å². The lowest BCUT2D eigenvalue weighted by Gasteiger charge is -2.12. The average molecular weight is 414 g/mol. The first-order valence-corrected chi connectivity index (χ1v) is 7.73. The average Bonchev–Trinajstić information content (AvgIpc) is 2.46. The summed E-state index contributed by atoms with van der Waals surface area (Å²) in [5, 5.41) is 11.7. The zero-order valence-corrected chi connectivity index (χ0v) is 14.7. The number of rotatable bonds is 3. The van der Waals surface area contributed by atoms with Crippen LogP contribution >= 0.6 is 31.9 Å². The molecular formula is C15H14Br2N2O2. The van der Waals surface area contributed by atoms with Gasteiger partial charge in [-0.1, -0.05) is 21.1 Å². The number of amidine groups is 1. The van der Waals surface area contributed by atoms with Gasteiger partial charge in [-0.3, -0.25) is 0 Å². The van der Waals surface area contributed by atoms with E-state index in [0.29, 0.717) is 11.3 Å². The van der Waals surface area contributed by atoms with Crippen LogP contribution in [0.5, 0.6) is 11.5 Å². The van der Waals surface area contributed by atoms with Crippen molar-refractivity contribution >= 4 is 37.7 Å². The Labute approximate surface area is 139 Å². The lowest BCUT2D eigenvalue weighted by molar-refractivity contribution is 0.318. The van der Waals surface area contributed by atoms with Crippen molar-refractivity contribution in [3.8, 4) is 11.5 Å². The molecule has 0 aliphatic heterocycles. The molecule has 6 heteroatoms. The van der Waals surface area contributed by atoms with Crippen molar-refractivity contribution in [1.82, 2.24) is 0 Å². The Hall–Kier alpha value is -1.53.